The molecule has 100 valence electrons. The van der Waals surface area contributed by atoms with E-state index >= 15 is 0 Å². The number of fused-ring (bicyclic) bond motifs is 1. The van der Waals surface area contributed by atoms with E-state index in [9.17, 15) is 0 Å². The molecule has 3 rings (SSSR count). The molecule has 0 spiro atoms. The predicted molar refractivity (Wildman–Crippen MR) is 74.0 cm³/mol. The van der Waals surface area contributed by atoms with Gasteiger partial charge in [0.2, 0.25) is 0 Å². The number of ether oxygens (including phenoxy) is 1. The van der Waals surface area contributed by atoms with Crippen LogP contribution < -0.4 is 10.1 Å². The molecule has 2 heterocycles. The van der Waals surface area contributed by atoms with Crippen LogP contribution in [0.3, 0.4) is 0 Å². The Labute approximate surface area is 113 Å². The van der Waals surface area contributed by atoms with Crippen molar-refractivity contribution >= 4 is 0 Å². The van der Waals surface area contributed by atoms with Crippen LogP contribution in [0.5, 0.6) is 5.75 Å². The molecule has 0 amide bonds. The van der Waals surface area contributed by atoms with Crippen LogP contribution in [0.25, 0.3) is 0 Å². The molecule has 0 radical (unpaired) electrons. The van der Waals surface area contributed by atoms with Crippen LogP contribution in [0.4, 0.5) is 0 Å². The maximum Gasteiger partial charge on any atom is 0.123 e. The molecule has 2 N–H and O–H groups in total. The van der Waals surface area contributed by atoms with Gasteiger partial charge in [0.05, 0.1) is 6.20 Å². The van der Waals surface area contributed by atoms with Crippen LogP contribution in [0.1, 0.15) is 30.5 Å². The van der Waals surface area contributed by atoms with Gasteiger partial charge in [0, 0.05) is 31.3 Å². The molecular formula is C15H19N3O. The molecule has 1 aromatic carbocycles. The van der Waals surface area contributed by atoms with Crippen molar-refractivity contribution in [1.29, 1.82) is 0 Å². The van der Waals surface area contributed by atoms with Gasteiger partial charge < -0.3 is 10.1 Å². The highest BCUT2D eigenvalue weighted by molar-refractivity contribution is 5.41. The van der Waals surface area contributed by atoms with Crippen molar-refractivity contribution in [2.24, 2.45) is 0 Å². The largest absolute Gasteiger partial charge is 0.487 e. The molecule has 0 bridgehead atoms. The second-order valence-corrected chi connectivity index (χ2v) is 5.69. The summed E-state index contributed by atoms with van der Waals surface area (Å²) < 4.78 is 5.88. The zero-order chi connectivity index (χ0) is 13.3. The minimum Gasteiger partial charge on any atom is -0.487 e. The van der Waals surface area contributed by atoms with Crippen molar-refractivity contribution in [2.45, 2.75) is 39.0 Å². The van der Waals surface area contributed by atoms with E-state index in [1.165, 1.54) is 16.7 Å². The van der Waals surface area contributed by atoms with E-state index in [0.29, 0.717) is 0 Å². The molecule has 0 atom stereocenters. The van der Waals surface area contributed by atoms with E-state index in [2.05, 4.69) is 47.6 Å². The Balaban J connectivity index is 1.61. The van der Waals surface area contributed by atoms with Gasteiger partial charge in [0.25, 0.3) is 0 Å². The highest BCUT2D eigenvalue weighted by atomic mass is 16.5. The van der Waals surface area contributed by atoms with Gasteiger partial charge in [0.15, 0.2) is 0 Å². The normalized spacial score (nSPS) is 16.1. The number of aromatic nitrogens is 2. The van der Waals surface area contributed by atoms with Gasteiger partial charge in [-0.1, -0.05) is 12.1 Å². The van der Waals surface area contributed by atoms with E-state index in [1.54, 1.807) is 0 Å². The topological polar surface area (TPSA) is 49.9 Å². The fraction of sp³-hybridized carbons (Fsp3) is 0.400. The second kappa shape index (κ2) is 4.70. The summed E-state index contributed by atoms with van der Waals surface area (Å²) in [5.41, 5.74) is 3.72. The van der Waals surface area contributed by atoms with Crippen LogP contribution >= 0.6 is 0 Å². The number of hydrogen-bond donors (Lipinski definition) is 2. The summed E-state index contributed by atoms with van der Waals surface area (Å²) in [7, 11) is 0. The van der Waals surface area contributed by atoms with Gasteiger partial charge in [-0.25, -0.2) is 0 Å². The van der Waals surface area contributed by atoms with Crippen LogP contribution in [0.15, 0.2) is 30.6 Å². The van der Waals surface area contributed by atoms with Gasteiger partial charge in [-0.15, -0.1) is 0 Å². The third-order valence-electron chi connectivity index (χ3n) is 3.34. The summed E-state index contributed by atoms with van der Waals surface area (Å²) in [6.07, 6.45) is 4.73. The highest BCUT2D eigenvalue weighted by Crippen LogP contribution is 2.35. The monoisotopic (exact) mass is 257 g/mol. The van der Waals surface area contributed by atoms with Crippen LogP contribution in [-0.4, -0.2) is 15.8 Å². The standard InChI is InChI=1S/C15H19N3O/c1-15(2)6-13-5-11(3-4-14(13)19-15)7-16-8-12-9-17-18-10-12/h3-5,9-10,16H,6-8H2,1-2H3,(H,17,18). The van der Waals surface area contributed by atoms with Crippen molar-refractivity contribution in [3.63, 3.8) is 0 Å². The lowest BCUT2D eigenvalue weighted by Crippen LogP contribution is -2.24. The van der Waals surface area contributed by atoms with Crippen molar-refractivity contribution in [3.8, 4) is 5.75 Å². The van der Waals surface area contributed by atoms with Gasteiger partial charge in [-0.05, 0) is 31.0 Å². The Morgan fingerprint density at radius 3 is 2.95 bits per heavy atom. The molecule has 1 aromatic heterocycles. The summed E-state index contributed by atoms with van der Waals surface area (Å²) >= 11 is 0. The number of nitrogens with zero attached hydrogens (tertiary/aromatic N) is 1. The maximum absolute atomic E-state index is 5.88. The molecule has 0 aliphatic carbocycles. The van der Waals surface area contributed by atoms with Crippen molar-refractivity contribution in [1.82, 2.24) is 15.5 Å². The zero-order valence-electron chi connectivity index (χ0n) is 11.4. The first-order chi connectivity index (χ1) is 9.12. The first-order valence-electron chi connectivity index (χ1n) is 6.62. The van der Waals surface area contributed by atoms with E-state index in [0.717, 1.165) is 25.3 Å². The fourth-order valence-corrected chi connectivity index (χ4v) is 2.50. The Kier molecular flexibility index (Phi) is 3.03. The van der Waals surface area contributed by atoms with Crippen molar-refractivity contribution < 1.29 is 4.74 Å². The predicted octanol–water partition coefficient (Wildman–Crippen LogP) is 2.41. The molecule has 0 saturated heterocycles. The summed E-state index contributed by atoms with van der Waals surface area (Å²) in [4.78, 5) is 0. The Morgan fingerprint density at radius 2 is 2.16 bits per heavy atom. The van der Waals surface area contributed by atoms with Gasteiger partial charge in [-0.2, -0.15) is 5.10 Å². The average molecular weight is 257 g/mol. The Hall–Kier alpha value is -1.81. The number of benzene rings is 1. The Morgan fingerprint density at radius 1 is 1.32 bits per heavy atom. The molecule has 0 saturated carbocycles. The van der Waals surface area contributed by atoms with Crippen molar-refractivity contribution in [3.05, 3.63) is 47.3 Å². The lowest BCUT2D eigenvalue weighted by Gasteiger charge is -2.16. The maximum atomic E-state index is 5.88. The molecule has 1 aliphatic rings. The Bertz CT molecular complexity index is 561. The van der Waals surface area contributed by atoms with E-state index < -0.39 is 0 Å². The first-order valence-corrected chi connectivity index (χ1v) is 6.62. The summed E-state index contributed by atoms with van der Waals surface area (Å²) in [5.74, 6) is 1.03. The molecule has 0 unspecified atom stereocenters. The summed E-state index contributed by atoms with van der Waals surface area (Å²) in [6, 6.07) is 6.45. The molecule has 4 heteroatoms. The molecule has 4 nitrogen and oxygen atoms in total. The first kappa shape index (κ1) is 12.2. The smallest absolute Gasteiger partial charge is 0.123 e. The second-order valence-electron chi connectivity index (χ2n) is 5.69. The van der Waals surface area contributed by atoms with E-state index in [1.807, 2.05) is 12.4 Å². The molecule has 2 aromatic rings. The van der Waals surface area contributed by atoms with E-state index in [4.69, 9.17) is 4.74 Å². The zero-order valence-corrected chi connectivity index (χ0v) is 11.4. The lowest BCUT2D eigenvalue weighted by molar-refractivity contribution is 0.138. The average Bonchev–Trinajstić information content (AvgIpc) is 2.94. The van der Waals surface area contributed by atoms with Crippen LogP contribution in [0.2, 0.25) is 0 Å². The third kappa shape index (κ3) is 2.79. The van der Waals surface area contributed by atoms with Crippen LogP contribution in [-0.2, 0) is 19.5 Å². The molecule has 0 fully saturated rings. The number of hydrogen-bond acceptors (Lipinski definition) is 3. The highest BCUT2D eigenvalue weighted by Gasteiger charge is 2.29. The quantitative estimate of drug-likeness (QED) is 0.884. The van der Waals surface area contributed by atoms with Crippen LogP contribution in [0, 0.1) is 0 Å². The van der Waals surface area contributed by atoms with E-state index in [-0.39, 0.29) is 5.60 Å². The number of H-pyrrole nitrogens is 1. The fourth-order valence-electron chi connectivity index (χ4n) is 2.50. The van der Waals surface area contributed by atoms with Crippen molar-refractivity contribution in [2.75, 3.05) is 0 Å². The van der Waals surface area contributed by atoms with Gasteiger partial charge >= 0.3 is 0 Å². The lowest BCUT2D eigenvalue weighted by atomic mass is 10.0. The minimum atomic E-state index is -0.0643. The van der Waals surface area contributed by atoms with Gasteiger partial charge in [-0.3, -0.25) is 5.10 Å². The summed E-state index contributed by atoms with van der Waals surface area (Å²) in [6.45, 7) is 5.95. The SMILES string of the molecule is CC1(C)Cc2cc(CNCc3cn[nH]c3)ccc2O1. The molecular weight excluding hydrogens is 238 g/mol. The summed E-state index contributed by atoms with van der Waals surface area (Å²) in [5, 5.41) is 10.2. The minimum absolute atomic E-state index is 0.0643. The number of nitrogens with one attached hydrogen (secondary N) is 2. The van der Waals surface area contributed by atoms with Gasteiger partial charge in [0.1, 0.15) is 11.4 Å². The number of aromatic amines is 1. The molecule has 19 heavy (non-hydrogen) atoms. The third-order valence-corrected chi connectivity index (χ3v) is 3.34. The number of rotatable bonds is 4. The molecule has 1 aliphatic heterocycles.